The van der Waals surface area contributed by atoms with Gasteiger partial charge in [-0.15, -0.1) is 11.8 Å². The van der Waals surface area contributed by atoms with E-state index in [0.717, 1.165) is 34.5 Å². The molecule has 0 saturated heterocycles. The molecule has 30 heavy (non-hydrogen) atoms. The minimum atomic E-state index is -4.48. The van der Waals surface area contributed by atoms with Crippen molar-refractivity contribution in [3.05, 3.63) is 95.1 Å². The summed E-state index contributed by atoms with van der Waals surface area (Å²) in [6.07, 6.45) is -3.46. The molecule has 0 aliphatic heterocycles. The number of halogens is 3. The molecule has 7 heteroatoms. The van der Waals surface area contributed by atoms with E-state index in [2.05, 4.69) is 34.8 Å². The number of carbonyl (C=O) groups is 1. The topological polar surface area (TPSA) is 41.5 Å². The van der Waals surface area contributed by atoms with Crippen molar-refractivity contribution in [2.45, 2.75) is 11.4 Å². The number of nitrogens with one attached hydrogen (secondary N) is 1. The summed E-state index contributed by atoms with van der Waals surface area (Å²) in [4.78, 5) is 12.2. The number of alkyl halides is 3. The van der Waals surface area contributed by atoms with Gasteiger partial charge in [-0.1, -0.05) is 66.7 Å². The van der Waals surface area contributed by atoms with Crippen LogP contribution in [0.15, 0.2) is 77.9 Å². The van der Waals surface area contributed by atoms with Crippen molar-refractivity contribution in [3.8, 4) is 11.1 Å². The maximum Gasteiger partial charge on any atom is 0.417 e. The Hall–Kier alpha value is -3.06. The Morgan fingerprint density at radius 1 is 0.933 bits per heavy atom. The van der Waals surface area contributed by atoms with Crippen LogP contribution in [0.2, 0.25) is 0 Å². The lowest BCUT2D eigenvalue weighted by Crippen LogP contribution is -2.20. The minimum absolute atomic E-state index is 0.0260. The van der Waals surface area contributed by atoms with E-state index >= 15 is 0 Å². The van der Waals surface area contributed by atoms with Crippen molar-refractivity contribution >= 4 is 23.9 Å². The molecule has 4 rings (SSSR count). The number of nitrogens with zero attached hydrogens (tertiary/aromatic N) is 1. The molecule has 3 aromatic rings. The van der Waals surface area contributed by atoms with Gasteiger partial charge in [-0.3, -0.25) is 4.79 Å². The highest BCUT2D eigenvalue weighted by Crippen LogP contribution is 2.49. The van der Waals surface area contributed by atoms with E-state index in [-0.39, 0.29) is 22.5 Å². The summed E-state index contributed by atoms with van der Waals surface area (Å²) < 4.78 is 39.1. The normalized spacial score (nSPS) is 13.3. The van der Waals surface area contributed by atoms with Crippen LogP contribution in [0, 0.1) is 0 Å². The summed E-state index contributed by atoms with van der Waals surface area (Å²) >= 11 is 1.47. The van der Waals surface area contributed by atoms with Crippen molar-refractivity contribution in [2.75, 3.05) is 5.75 Å². The Morgan fingerprint density at radius 2 is 1.50 bits per heavy atom. The molecular formula is C23H17F3N2OS. The van der Waals surface area contributed by atoms with Crippen LogP contribution < -0.4 is 5.43 Å². The van der Waals surface area contributed by atoms with E-state index < -0.39 is 11.7 Å². The summed E-state index contributed by atoms with van der Waals surface area (Å²) in [6.45, 7) is 0. The number of amides is 1. The van der Waals surface area contributed by atoms with Crippen LogP contribution in [0.5, 0.6) is 0 Å². The number of fused-ring (bicyclic) bond motifs is 3. The Bertz CT molecular complexity index is 1070. The fourth-order valence-corrected chi connectivity index (χ4v) is 4.67. The monoisotopic (exact) mass is 426 g/mol. The first-order chi connectivity index (χ1) is 14.4. The van der Waals surface area contributed by atoms with E-state index in [1.54, 1.807) is 0 Å². The lowest BCUT2D eigenvalue weighted by atomic mass is 10.1. The van der Waals surface area contributed by atoms with Crippen molar-refractivity contribution < 1.29 is 18.0 Å². The van der Waals surface area contributed by atoms with E-state index in [0.29, 0.717) is 0 Å². The average molecular weight is 426 g/mol. The van der Waals surface area contributed by atoms with E-state index in [1.165, 1.54) is 30.0 Å². The van der Waals surface area contributed by atoms with Crippen molar-refractivity contribution in [1.82, 2.24) is 5.43 Å². The molecule has 0 unspecified atom stereocenters. The molecular weight excluding hydrogens is 409 g/mol. The van der Waals surface area contributed by atoms with Gasteiger partial charge in [0.2, 0.25) is 5.91 Å². The van der Waals surface area contributed by atoms with Crippen LogP contribution in [0.25, 0.3) is 11.1 Å². The van der Waals surface area contributed by atoms with E-state index in [4.69, 9.17) is 0 Å². The van der Waals surface area contributed by atoms with Gasteiger partial charge in [-0.2, -0.15) is 18.3 Å². The van der Waals surface area contributed by atoms with E-state index in [9.17, 15) is 18.0 Å². The zero-order chi connectivity index (χ0) is 21.1. The second-order valence-corrected chi connectivity index (χ2v) is 7.84. The predicted octanol–water partition coefficient (Wildman–Crippen LogP) is 5.66. The molecule has 0 atom stereocenters. The standard InChI is InChI=1S/C23H17F3N2OS/c24-23(25,26)20-12-6-1-7-15(20)13-27-28-21(29)14-30-22-18-10-4-2-8-16(18)17-9-3-5-11-19(17)22/h1-13,22H,14H2,(H,28,29)/b27-13+. The number of rotatable bonds is 5. The molecule has 1 N–H and O–H groups in total. The second-order valence-electron chi connectivity index (χ2n) is 6.74. The maximum atomic E-state index is 13.0. The lowest BCUT2D eigenvalue weighted by molar-refractivity contribution is -0.137. The Balaban J connectivity index is 1.41. The summed E-state index contributed by atoms with van der Waals surface area (Å²) in [6, 6.07) is 21.2. The van der Waals surface area contributed by atoms with Gasteiger partial charge in [-0.05, 0) is 28.3 Å². The molecule has 0 saturated carbocycles. The van der Waals surface area contributed by atoms with Crippen molar-refractivity contribution in [1.29, 1.82) is 0 Å². The predicted molar refractivity (Wildman–Crippen MR) is 113 cm³/mol. The lowest BCUT2D eigenvalue weighted by Gasteiger charge is -2.12. The van der Waals surface area contributed by atoms with Crippen molar-refractivity contribution in [3.63, 3.8) is 0 Å². The molecule has 0 heterocycles. The number of thioether (sulfide) groups is 1. The molecule has 1 amide bonds. The van der Waals surface area contributed by atoms with Crippen LogP contribution in [0.4, 0.5) is 13.2 Å². The summed E-state index contributed by atoms with van der Waals surface area (Å²) in [5.41, 5.74) is 6.05. The van der Waals surface area contributed by atoms with Crippen LogP contribution >= 0.6 is 11.8 Å². The Morgan fingerprint density at radius 3 is 2.13 bits per heavy atom. The highest BCUT2D eigenvalue weighted by Gasteiger charge is 2.32. The maximum absolute atomic E-state index is 13.0. The van der Waals surface area contributed by atoms with Crippen molar-refractivity contribution in [2.24, 2.45) is 5.10 Å². The van der Waals surface area contributed by atoms with Gasteiger partial charge in [-0.25, -0.2) is 5.43 Å². The van der Waals surface area contributed by atoms with E-state index in [1.807, 2.05) is 24.3 Å². The van der Waals surface area contributed by atoms with Gasteiger partial charge in [0.05, 0.1) is 22.8 Å². The largest absolute Gasteiger partial charge is 0.417 e. The minimum Gasteiger partial charge on any atom is -0.272 e. The van der Waals surface area contributed by atoms with Gasteiger partial charge in [0.1, 0.15) is 0 Å². The third-order valence-electron chi connectivity index (χ3n) is 4.82. The smallest absolute Gasteiger partial charge is 0.272 e. The van der Waals surface area contributed by atoms with Crippen LogP contribution in [-0.2, 0) is 11.0 Å². The molecule has 0 aromatic heterocycles. The number of benzene rings is 3. The molecule has 0 fully saturated rings. The molecule has 0 radical (unpaired) electrons. The third-order valence-corrected chi connectivity index (χ3v) is 6.09. The molecule has 1 aliphatic rings. The fourth-order valence-electron chi connectivity index (χ4n) is 3.52. The number of hydrazone groups is 1. The number of hydrogen-bond donors (Lipinski definition) is 1. The third kappa shape index (κ3) is 4.11. The molecule has 152 valence electrons. The first-order valence-electron chi connectivity index (χ1n) is 9.23. The van der Waals surface area contributed by atoms with Gasteiger partial charge in [0, 0.05) is 5.56 Å². The summed E-state index contributed by atoms with van der Waals surface area (Å²) in [5.74, 6) is -0.242. The molecule has 3 nitrogen and oxygen atoms in total. The van der Waals surface area contributed by atoms with Gasteiger partial charge in [0.15, 0.2) is 0 Å². The molecule has 0 spiro atoms. The molecule has 3 aromatic carbocycles. The average Bonchev–Trinajstić information content (AvgIpc) is 3.06. The summed E-state index contributed by atoms with van der Waals surface area (Å²) in [7, 11) is 0. The fraction of sp³-hybridized carbons (Fsp3) is 0.130. The number of hydrogen-bond acceptors (Lipinski definition) is 3. The quantitative estimate of drug-likeness (QED) is 0.423. The van der Waals surface area contributed by atoms with Gasteiger partial charge < -0.3 is 0 Å². The highest BCUT2D eigenvalue weighted by atomic mass is 32.2. The molecule has 0 bridgehead atoms. The first-order valence-corrected chi connectivity index (χ1v) is 10.3. The Kier molecular flexibility index (Phi) is 5.63. The highest BCUT2D eigenvalue weighted by molar-refractivity contribution is 8.00. The van der Waals surface area contributed by atoms with Gasteiger partial charge >= 0.3 is 6.18 Å². The first kappa shape index (κ1) is 20.2. The van der Waals surface area contributed by atoms with Crippen LogP contribution in [0.3, 0.4) is 0 Å². The molecule has 1 aliphatic carbocycles. The second kappa shape index (κ2) is 8.36. The zero-order valence-corrected chi connectivity index (χ0v) is 16.5. The number of carbonyl (C=O) groups excluding carboxylic acids is 1. The summed E-state index contributed by atoms with van der Waals surface area (Å²) in [5, 5.41) is 3.74. The Labute approximate surface area is 176 Å². The SMILES string of the molecule is O=C(CSC1c2ccccc2-c2ccccc21)N/N=C/c1ccccc1C(F)(F)F. The zero-order valence-electron chi connectivity index (χ0n) is 15.7. The van der Waals surface area contributed by atoms with Crippen LogP contribution in [0.1, 0.15) is 27.5 Å². The van der Waals surface area contributed by atoms with Gasteiger partial charge in [0.25, 0.3) is 0 Å². The van der Waals surface area contributed by atoms with Crippen LogP contribution in [-0.4, -0.2) is 17.9 Å².